The molecular formula is C14H17BrFNO. The highest BCUT2D eigenvalue weighted by Crippen LogP contribution is 2.51. The van der Waals surface area contributed by atoms with Crippen molar-refractivity contribution in [2.45, 2.75) is 26.7 Å². The van der Waals surface area contributed by atoms with Crippen LogP contribution in [0, 0.1) is 17.2 Å². The van der Waals surface area contributed by atoms with Crippen molar-refractivity contribution in [1.82, 2.24) is 5.32 Å². The summed E-state index contributed by atoms with van der Waals surface area (Å²) in [5.41, 5.74) is 0.615. The van der Waals surface area contributed by atoms with Gasteiger partial charge in [-0.05, 0) is 52.2 Å². The highest BCUT2D eigenvalue weighted by molar-refractivity contribution is 9.10. The molecule has 0 aliphatic heterocycles. The minimum atomic E-state index is -0.410. The van der Waals surface area contributed by atoms with Gasteiger partial charge in [0.25, 0.3) is 5.91 Å². The first-order valence-corrected chi connectivity index (χ1v) is 6.98. The van der Waals surface area contributed by atoms with E-state index < -0.39 is 5.82 Å². The van der Waals surface area contributed by atoms with Crippen LogP contribution in [0.25, 0.3) is 0 Å². The van der Waals surface area contributed by atoms with Crippen molar-refractivity contribution in [1.29, 1.82) is 0 Å². The molecule has 2 nitrogen and oxygen atoms in total. The minimum Gasteiger partial charge on any atom is -0.351 e. The smallest absolute Gasteiger partial charge is 0.252 e. The molecule has 1 aromatic carbocycles. The lowest BCUT2D eigenvalue weighted by Gasteiger charge is -2.20. The van der Waals surface area contributed by atoms with E-state index in [0.717, 1.165) is 12.8 Å². The Labute approximate surface area is 115 Å². The Bertz CT molecular complexity index is 469. The number of hydrogen-bond acceptors (Lipinski definition) is 1. The van der Waals surface area contributed by atoms with Gasteiger partial charge >= 0.3 is 0 Å². The summed E-state index contributed by atoms with van der Waals surface area (Å²) >= 11 is 3.11. The average Bonchev–Trinajstić information content (AvgIpc) is 3.11. The van der Waals surface area contributed by atoms with Gasteiger partial charge in [-0.15, -0.1) is 0 Å². The number of halogens is 2. The average molecular weight is 314 g/mol. The van der Waals surface area contributed by atoms with E-state index in [1.807, 2.05) is 0 Å². The third kappa shape index (κ3) is 2.58. The van der Waals surface area contributed by atoms with Crippen LogP contribution >= 0.6 is 15.9 Å². The fourth-order valence-corrected chi connectivity index (χ4v) is 2.59. The molecule has 0 unspecified atom stereocenters. The predicted octanol–water partition coefficient (Wildman–Crippen LogP) is 3.75. The van der Waals surface area contributed by atoms with Crippen molar-refractivity contribution >= 4 is 21.8 Å². The zero-order valence-electron chi connectivity index (χ0n) is 10.6. The van der Waals surface area contributed by atoms with E-state index in [1.54, 1.807) is 12.1 Å². The van der Waals surface area contributed by atoms with Gasteiger partial charge in [-0.2, -0.15) is 0 Å². The molecule has 2 rings (SSSR count). The van der Waals surface area contributed by atoms with E-state index in [0.29, 0.717) is 18.0 Å². The zero-order valence-corrected chi connectivity index (χ0v) is 12.2. The van der Waals surface area contributed by atoms with E-state index in [9.17, 15) is 9.18 Å². The fourth-order valence-electron chi connectivity index (χ4n) is 2.15. The number of amides is 1. The summed E-state index contributed by atoms with van der Waals surface area (Å²) in [5.74, 6) is -0.0605. The van der Waals surface area contributed by atoms with Gasteiger partial charge in [0.05, 0.1) is 10.0 Å². The highest BCUT2D eigenvalue weighted by atomic mass is 79.9. The van der Waals surface area contributed by atoms with Crippen LogP contribution in [0.5, 0.6) is 0 Å². The van der Waals surface area contributed by atoms with Gasteiger partial charge in [0.1, 0.15) is 5.82 Å². The van der Waals surface area contributed by atoms with Crippen LogP contribution in [0.1, 0.15) is 37.0 Å². The topological polar surface area (TPSA) is 29.1 Å². The van der Waals surface area contributed by atoms with E-state index >= 15 is 0 Å². The van der Waals surface area contributed by atoms with Crippen molar-refractivity contribution in [2.24, 2.45) is 11.3 Å². The second kappa shape index (κ2) is 5.00. The Morgan fingerprint density at radius 1 is 1.50 bits per heavy atom. The van der Waals surface area contributed by atoms with Gasteiger partial charge in [0, 0.05) is 6.54 Å². The summed E-state index contributed by atoms with van der Waals surface area (Å²) in [6.07, 6.45) is 2.32. The molecule has 4 heteroatoms. The predicted molar refractivity (Wildman–Crippen MR) is 72.9 cm³/mol. The van der Waals surface area contributed by atoms with Crippen molar-refractivity contribution < 1.29 is 9.18 Å². The van der Waals surface area contributed by atoms with E-state index in [2.05, 4.69) is 35.1 Å². The number of rotatable bonds is 4. The molecule has 1 aromatic rings. The molecular weight excluding hydrogens is 297 g/mol. The largest absolute Gasteiger partial charge is 0.351 e. The Morgan fingerprint density at radius 3 is 2.72 bits per heavy atom. The third-order valence-electron chi connectivity index (χ3n) is 3.91. The summed E-state index contributed by atoms with van der Waals surface area (Å²) < 4.78 is 13.6. The standard InChI is InChI=1S/C14H17BrFNO/c1-9(2)14(6-7-14)8-17-13(18)10-4-3-5-11(16)12(10)15/h3-5,9H,6-8H2,1-2H3,(H,17,18). The van der Waals surface area contributed by atoms with Crippen molar-refractivity contribution in [3.05, 3.63) is 34.1 Å². The lowest BCUT2D eigenvalue weighted by Crippen LogP contribution is -2.32. The number of carbonyl (C=O) groups excluding carboxylic acids is 1. The molecule has 98 valence electrons. The Hall–Kier alpha value is -0.900. The fraction of sp³-hybridized carbons (Fsp3) is 0.500. The second-order valence-corrected chi connectivity index (χ2v) is 6.09. The first-order chi connectivity index (χ1) is 8.46. The van der Waals surface area contributed by atoms with E-state index in [1.165, 1.54) is 6.07 Å². The van der Waals surface area contributed by atoms with Gasteiger partial charge in [-0.3, -0.25) is 4.79 Å². The summed E-state index contributed by atoms with van der Waals surface area (Å²) in [5, 5.41) is 2.92. The molecule has 18 heavy (non-hydrogen) atoms. The van der Waals surface area contributed by atoms with Gasteiger partial charge in [0.15, 0.2) is 0 Å². The molecule has 0 spiro atoms. The maximum Gasteiger partial charge on any atom is 0.252 e. The molecule has 1 aliphatic rings. The summed E-state index contributed by atoms with van der Waals surface area (Å²) in [6, 6.07) is 4.50. The SMILES string of the molecule is CC(C)C1(CNC(=O)c2cccc(F)c2Br)CC1. The van der Waals surface area contributed by atoms with Gasteiger partial charge in [-0.25, -0.2) is 4.39 Å². The minimum absolute atomic E-state index is 0.215. The van der Waals surface area contributed by atoms with Gasteiger partial charge in [-0.1, -0.05) is 19.9 Å². The van der Waals surface area contributed by atoms with Crippen LogP contribution in [0.4, 0.5) is 4.39 Å². The zero-order chi connectivity index (χ0) is 13.3. The maximum absolute atomic E-state index is 13.3. The van der Waals surface area contributed by atoms with Crippen LogP contribution in [-0.2, 0) is 0 Å². The molecule has 0 heterocycles. The molecule has 0 atom stereocenters. The Kier molecular flexibility index (Phi) is 3.76. The maximum atomic E-state index is 13.3. The lowest BCUT2D eigenvalue weighted by molar-refractivity contribution is 0.0938. The quantitative estimate of drug-likeness (QED) is 0.901. The van der Waals surface area contributed by atoms with E-state index in [-0.39, 0.29) is 15.8 Å². The van der Waals surface area contributed by atoms with Crippen molar-refractivity contribution in [3.63, 3.8) is 0 Å². The molecule has 0 aromatic heterocycles. The van der Waals surface area contributed by atoms with Gasteiger partial charge < -0.3 is 5.32 Å². The normalized spacial score (nSPS) is 16.7. The van der Waals surface area contributed by atoms with Crippen molar-refractivity contribution in [3.8, 4) is 0 Å². The van der Waals surface area contributed by atoms with Crippen LogP contribution in [0.3, 0.4) is 0 Å². The Morgan fingerprint density at radius 2 is 2.17 bits per heavy atom. The number of carbonyl (C=O) groups is 1. The number of nitrogens with one attached hydrogen (secondary N) is 1. The number of benzene rings is 1. The van der Waals surface area contributed by atoms with Gasteiger partial charge in [0.2, 0.25) is 0 Å². The number of hydrogen-bond donors (Lipinski definition) is 1. The first-order valence-electron chi connectivity index (χ1n) is 6.18. The Balaban J connectivity index is 2.03. The molecule has 1 saturated carbocycles. The summed E-state index contributed by atoms with van der Waals surface area (Å²) in [6.45, 7) is 5.03. The van der Waals surface area contributed by atoms with Crippen LogP contribution in [-0.4, -0.2) is 12.5 Å². The molecule has 0 saturated heterocycles. The lowest BCUT2D eigenvalue weighted by atomic mass is 9.92. The summed E-state index contributed by atoms with van der Waals surface area (Å²) in [4.78, 5) is 12.0. The van der Waals surface area contributed by atoms with Crippen LogP contribution < -0.4 is 5.32 Å². The first kappa shape index (κ1) is 13.5. The molecule has 0 radical (unpaired) electrons. The van der Waals surface area contributed by atoms with Crippen LogP contribution in [0.15, 0.2) is 22.7 Å². The molecule has 0 bridgehead atoms. The summed E-state index contributed by atoms with van der Waals surface area (Å²) in [7, 11) is 0. The van der Waals surface area contributed by atoms with Crippen molar-refractivity contribution in [2.75, 3.05) is 6.54 Å². The third-order valence-corrected chi connectivity index (χ3v) is 4.72. The van der Waals surface area contributed by atoms with E-state index in [4.69, 9.17) is 0 Å². The highest BCUT2D eigenvalue weighted by Gasteiger charge is 2.45. The molecule has 1 aliphatic carbocycles. The molecule has 1 fully saturated rings. The monoisotopic (exact) mass is 313 g/mol. The van der Waals surface area contributed by atoms with Crippen LogP contribution in [0.2, 0.25) is 0 Å². The molecule has 1 N–H and O–H groups in total. The molecule has 1 amide bonds. The second-order valence-electron chi connectivity index (χ2n) is 5.30.